The maximum atomic E-state index is 12.2. The molecule has 5 nitrogen and oxygen atoms in total. The van der Waals surface area contributed by atoms with Crippen LogP contribution in [0.25, 0.3) is 0 Å². The van der Waals surface area contributed by atoms with Crippen molar-refractivity contribution in [2.75, 3.05) is 7.11 Å². The number of carbonyl (C=O) groups excluding carboxylic acids is 1. The van der Waals surface area contributed by atoms with Gasteiger partial charge in [0.1, 0.15) is 6.61 Å². The number of aryl methyl sites for hydroxylation is 1. The number of nitrogens with one attached hydrogen (secondary N) is 1. The fourth-order valence-electron chi connectivity index (χ4n) is 2.74. The molecule has 0 aliphatic rings. The van der Waals surface area contributed by atoms with E-state index in [9.17, 15) is 4.79 Å². The zero-order chi connectivity index (χ0) is 21.5. The van der Waals surface area contributed by atoms with Gasteiger partial charge in [-0.2, -0.15) is 5.10 Å². The van der Waals surface area contributed by atoms with Crippen molar-refractivity contribution in [3.05, 3.63) is 90.1 Å². The highest BCUT2D eigenvalue weighted by atomic mass is 127. The highest BCUT2D eigenvalue weighted by molar-refractivity contribution is 14.1. The molecule has 0 aliphatic heterocycles. The molecular formula is C23H20I2N2O3. The molecule has 7 heteroatoms. The second kappa shape index (κ2) is 10.8. The predicted molar refractivity (Wildman–Crippen MR) is 135 cm³/mol. The number of methoxy groups -OCH3 is 1. The fraction of sp³-hybridized carbons (Fsp3) is 0.130. The van der Waals surface area contributed by atoms with Crippen LogP contribution in [0.5, 0.6) is 11.5 Å². The Labute approximate surface area is 203 Å². The van der Waals surface area contributed by atoms with E-state index >= 15 is 0 Å². The molecule has 0 aromatic heterocycles. The molecule has 1 amide bonds. The lowest BCUT2D eigenvalue weighted by Gasteiger charge is -2.14. The van der Waals surface area contributed by atoms with Gasteiger partial charge >= 0.3 is 0 Å². The summed E-state index contributed by atoms with van der Waals surface area (Å²) >= 11 is 4.38. The van der Waals surface area contributed by atoms with Crippen molar-refractivity contribution in [2.45, 2.75) is 13.5 Å². The van der Waals surface area contributed by atoms with Crippen molar-refractivity contribution >= 4 is 57.3 Å². The number of hydrazone groups is 1. The molecule has 0 saturated carbocycles. The van der Waals surface area contributed by atoms with E-state index in [2.05, 4.69) is 68.7 Å². The summed E-state index contributed by atoms with van der Waals surface area (Å²) in [5.74, 6) is 1.03. The summed E-state index contributed by atoms with van der Waals surface area (Å²) in [6.45, 7) is 2.52. The Bertz CT molecular complexity index is 1080. The Kier molecular flexibility index (Phi) is 8.08. The highest BCUT2D eigenvalue weighted by Crippen LogP contribution is 2.34. The molecule has 0 unspecified atom stereocenters. The van der Waals surface area contributed by atoms with Crippen LogP contribution < -0.4 is 14.9 Å². The quantitative estimate of drug-likeness (QED) is 0.213. The minimum atomic E-state index is -0.260. The Morgan fingerprint density at radius 2 is 1.90 bits per heavy atom. The summed E-state index contributed by atoms with van der Waals surface area (Å²) < 4.78 is 13.4. The summed E-state index contributed by atoms with van der Waals surface area (Å²) in [4.78, 5) is 12.2. The molecule has 3 aromatic rings. The first-order chi connectivity index (χ1) is 14.5. The maximum Gasteiger partial charge on any atom is 0.271 e. The zero-order valence-corrected chi connectivity index (χ0v) is 20.8. The molecule has 0 bridgehead atoms. The van der Waals surface area contributed by atoms with E-state index in [4.69, 9.17) is 9.47 Å². The van der Waals surface area contributed by atoms with Crippen molar-refractivity contribution in [2.24, 2.45) is 5.10 Å². The van der Waals surface area contributed by atoms with Crippen molar-refractivity contribution < 1.29 is 14.3 Å². The van der Waals surface area contributed by atoms with Gasteiger partial charge < -0.3 is 9.47 Å². The number of carbonyl (C=O) groups is 1. The lowest BCUT2D eigenvalue weighted by molar-refractivity contribution is 0.0955. The van der Waals surface area contributed by atoms with Crippen LogP contribution >= 0.6 is 45.2 Å². The van der Waals surface area contributed by atoms with Crippen LogP contribution in [0.3, 0.4) is 0 Å². The molecule has 0 fully saturated rings. The van der Waals surface area contributed by atoms with Gasteiger partial charge in [-0.15, -0.1) is 0 Å². The summed E-state index contributed by atoms with van der Waals surface area (Å²) in [7, 11) is 1.60. The minimum absolute atomic E-state index is 0.260. The van der Waals surface area contributed by atoms with Crippen molar-refractivity contribution in [3.63, 3.8) is 0 Å². The molecule has 30 heavy (non-hydrogen) atoms. The van der Waals surface area contributed by atoms with E-state index in [0.29, 0.717) is 23.7 Å². The molecule has 3 rings (SSSR count). The highest BCUT2D eigenvalue weighted by Gasteiger charge is 2.12. The van der Waals surface area contributed by atoms with Gasteiger partial charge in [0, 0.05) is 9.13 Å². The number of rotatable bonds is 7. The van der Waals surface area contributed by atoms with Gasteiger partial charge in [0.25, 0.3) is 5.91 Å². The molecule has 0 heterocycles. The summed E-state index contributed by atoms with van der Waals surface area (Å²) in [6.07, 6.45) is 1.58. The van der Waals surface area contributed by atoms with E-state index in [-0.39, 0.29) is 5.91 Å². The average Bonchev–Trinajstić information content (AvgIpc) is 2.73. The molecule has 154 valence electrons. The molecule has 0 spiro atoms. The van der Waals surface area contributed by atoms with Crippen LogP contribution in [0.15, 0.2) is 65.8 Å². The fourth-order valence-corrected chi connectivity index (χ4v) is 4.06. The first kappa shape index (κ1) is 22.5. The number of ether oxygens (including phenoxy) is 2. The van der Waals surface area contributed by atoms with Crippen molar-refractivity contribution in [1.82, 2.24) is 5.43 Å². The Morgan fingerprint density at radius 1 is 1.10 bits per heavy atom. The molecular weight excluding hydrogens is 606 g/mol. The molecule has 0 radical (unpaired) electrons. The van der Waals surface area contributed by atoms with Crippen LogP contribution in [0.1, 0.15) is 27.0 Å². The summed E-state index contributed by atoms with van der Waals surface area (Å²) in [5.41, 5.74) is 6.21. The number of benzene rings is 3. The monoisotopic (exact) mass is 626 g/mol. The second-order valence-corrected chi connectivity index (χ2v) is 8.87. The van der Waals surface area contributed by atoms with Crippen LogP contribution in [-0.2, 0) is 6.61 Å². The van der Waals surface area contributed by atoms with Gasteiger partial charge in [-0.3, -0.25) is 4.79 Å². The summed E-state index contributed by atoms with van der Waals surface area (Å²) in [5, 5.41) is 4.07. The van der Waals surface area contributed by atoms with E-state index in [1.165, 1.54) is 5.56 Å². The first-order valence-corrected chi connectivity index (χ1v) is 11.3. The number of nitrogens with zero attached hydrogens (tertiary/aromatic N) is 1. The van der Waals surface area contributed by atoms with Crippen LogP contribution in [0.4, 0.5) is 0 Å². The number of halogens is 2. The largest absolute Gasteiger partial charge is 0.493 e. The van der Waals surface area contributed by atoms with Gasteiger partial charge in [0.15, 0.2) is 11.5 Å². The van der Waals surface area contributed by atoms with Crippen LogP contribution in [-0.4, -0.2) is 19.2 Å². The van der Waals surface area contributed by atoms with Gasteiger partial charge in [0.05, 0.1) is 16.9 Å². The standard InChI is InChI=1S/C23H20I2N2O3/c1-15-6-3-4-7-18(15)14-30-22-20(25)10-16(11-21(22)29-2)13-26-27-23(28)17-8-5-9-19(24)12-17/h3-13H,14H2,1-2H3,(H,27,28)/b26-13-. The Morgan fingerprint density at radius 3 is 2.63 bits per heavy atom. The van der Waals surface area contributed by atoms with E-state index < -0.39 is 0 Å². The van der Waals surface area contributed by atoms with Crippen molar-refractivity contribution in [1.29, 1.82) is 0 Å². The second-order valence-electron chi connectivity index (χ2n) is 6.46. The number of amides is 1. The first-order valence-electron chi connectivity index (χ1n) is 9.11. The number of hydrogen-bond acceptors (Lipinski definition) is 4. The molecule has 0 saturated heterocycles. The van der Waals surface area contributed by atoms with Crippen molar-refractivity contribution in [3.8, 4) is 11.5 Å². The smallest absolute Gasteiger partial charge is 0.271 e. The average molecular weight is 626 g/mol. The van der Waals surface area contributed by atoms with E-state index in [1.807, 2.05) is 42.5 Å². The molecule has 1 N–H and O–H groups in total. The van der Waals surface area contributed by atoms with Crippen LogP contribution in [0.2, 0.25) is 0 Å². The van der Waals surface area contributed by atoms with Gasteiger partial charge in [-0.1, -0.05) is 30.3 Å². The topological polar surface area (TPSA) is 59.9 Å². The van der Waals surface area contributed by atoms with Gasteiger partial charge in [-0.25, -0.2) is 5.43 Å². The third-order valence-corrected chi connectivity index (χ3v) is 5.82. The maximum absolute atomic E-state index is 12.2. The molecule has 0 atom stereocenters. The molecule has 3 aromatic carbocycles. The Hall–Kier alpha value is -2.14. The lowest BCUT2D eigenvalue weighted by Crippen LogP contribution is -2.17. The SMILES string of the molecule is COc1cc(/C=N\NC(=O)c2cccc(I)c2)cc(I)c1OCc1ccccc1C. The van der Waals surface area contributed by atoms with E-state index in [1.54, 1.807) is 25.5 Å². The van der Waals surface area contributed by atoms with Crippen LogP contribution in [0, 0.1) is 14.1 Å². The Balaban J connectivity index is 1.71. The normalized spacial score (nSPS) is 10.8. The van der Waals surface area contributed by atoms with Gasteiger partial charge in [0.2, 0.25) is 0 Å². The number of hydrogen-bond donors (Lipinski definition) is 1. The summed E-state index contributed by atoms with van der Waals surface area (Å²) in [6, 6.07) is 19.2. The third kappa shape index (κ3) is 5.94. The minimum Gasteiger partial charge on any atom is -0.493 e. The predicted octanol–water partition coefficient (Wildman–Crippen LogP) is 5.56. The van der Waals surface area contributed by atoms with Gasteiger partial charge in [-0.05, 0) is 99.1 Å². The zero-order valence-electron chi connectivity index (χ0n) is 16.5. The third-order valence-electron chi connectivity index (χ3n) is 4.35. The molecule has 0 aliphatic carbocycles. The lowest BCUT2D eigenvalue weighted by atomic mass is 10.1. The van der Waals surface area contributed by atoms with E-state index in [0.717, 1.165) is 18.3 Å².